The summed E-state index contributed by atoms with van der Waals surface area (Å²) in [5, 5.41) is 0.696. The third-order valence-corrected chi connectivity index (χ3v) is 3.56. The molecule has 0 atom stereocenters. The zero-order chi connectivity index (χ0) is 13.5. The summed E-state index contributed by atoms with van der Waals surface area (Å²) in [5.74, 6) is 0. The fourth-order valence-electron chi connectivity index (χ4n) is 2.44. The first-order chi connectivity index (χ1) is 9.83. The van der Waals surface area contributed by atoms with Gasteiger partial charge in [0.1, 0.15) is 5.69 Å². The summed E-state index contributed by atoms with van der Waals surface area (Å²) in [7, 11) is 0. The van der Waals surface area contributed by atoms with Crippen LogP contribution in [0.15, 0.2) is 60.9 Å². The summed E-state index contributed by atoms with van der Waals surface area (Å²) in [4.78, 5) is 9.18. The fourth-order valence-corrected chi connectivity index (χ4v) is 2.63. The summed E-state index contributed by atoms with van der Waals surface area (Å²) < 4.78 is 2.05. The van der Waals surface area contributed by atoms with Crippen molar-refractivity contribution < 1.29 is 0 Å². The lowest BCUT2D eigenvalue weighted by atomic mass is 10.1. The molecule has 0 saturated heterocycles. The normalized spacial score (nSPS) is 11.2. The molecule has 0 spiro atoms. The van der Waals surface area contributed by atoms with Gasteiger partial charge >= 0.3 is 0 Å². The Hall–Kier alpha value is -2.39. The molecule has 0 N–H and O–H groups in total. The molecule has 0 fully saturated rings. The van der Waals surface area contributed by atoms with Crippen molar-refractivity contribution in [3.63, 3.8) is 0 Å². The fraction of sp³-hybridized carbons (Fsp3) is 0. The van der Waals surface area contributed by atoms with Crippen molar-refractivity contribution in [2.24, 2.45) is 0 Å². The molecule has 2 aromatic heterocycles. The van der Waals surface area contributed by atoms with Crippen LogP contribution >= 0.6 is 11.6 Å². The summed E-state index contributed by atoms with van der Waals surface area (Å²) in [6.07, 6.45) is 3.74. The Morgan fingerprint density at radius 1 is 1.00 bits per heavy atom. The third-order valence-electron chi connectivity index (χ3n) is 3.32. The van der Waals surface area contributed by atoms with E-state index >= 15 is 0 Å². The van der Waals surface area contributed by atoms with Crippen LogP contribution in [0.1, 0.15) is 0 Å². The molecular weight excluding hydrogens is 270 g/mol. The van der Waals surface area contributed by atoms with Gasteiger partial charge in [-0.1, -0.05) is 35.9 Å². The number of hydrogen-bond acceptors (Lipinski definition) is 2. The molecule has 0 amide bonds. The van der Waals surface area contributed by atoms with Crippen LogP contribution in [0.25, 0.3) is 27.9 Å². The molecule has 0 bridgehead atoms. The Bertz CT molecular complexity index is 927. The second-order valence-electron chi connectivity index (χ2n) is 4.58. The van der Waals surface area contributed by atoms with Gasteiger partial charge in [-0.05, 0) is 24.3 Å². The van der Waals surface area contributed by atoms with E-state index in [4.69, 9.17) is 16.6 Å². The van der Waals surface area contributed by atoms with Crippen LogP contribution in [0.5, 0.6) is 0 Å². The van der Waals surface area contributed by atoms with Gasteiger partial charge in [0.25, 0.3) is 0 Å². The minimum absolute atomic E-state index is 0.696. The quantitative estimate of drug-likeness (QED) is 0.523. The van der Waals surface area contributed by atoms with E-state index in [0.29, 0.717) is 5.02 Å². The van der Waals surface area contributed by atoms with E-state index in [-0.39, 0.29) is 0 Å². The lowest BCUT2D eigenvalue weighted by Crippen LogP contribution is -1.95. The maximum atomic E-state index is 6.08. The molecule has 0 saturated carbocycles. The predicted molar refractivity (Wildman–Crippen MR) is 80.9 cm³/mol. The average molecular weight is 280 g/mol. The van der Waals surface area contributed by atoms with Crippen molar-refractivity contribution >= 4 is 28.3 Å². The Balaban J connectivity index is 2.14. The van der Waals surface area contributed by atoms with Crippen molar-refractivity contribution in [1.29, 1.82) is 0 Å². The van der Waals surface area contributed by atoms with Crippen molar-refractivity contribution in [2.75, 3.05) is 0 Å². The summed E-state index contributed by atoms with van der Waals surface area (Å²) in [5.41, 5.74) is 4.64. The van der Waals surface area contributed by atoms with Crippen molar-refractivity contribution in [1.82, 2.24) is 14.4 Å². The minimum atomic E-state index is 0.696. The van der Waals surface area contributed by atoms with Gasteiger partial charge in [-0.3, -0.25) is 4.40 Å². The molecule has 0 radical (unpaired) electrons. The smallest absolute Gasteiger partial charge is 0.163 e. The number of imidazole rings is 1. The van der Waals surface area contributed by atoms with E-state index in [1.165, 1.54) is 0 Å². The topological polar surface area (TPSA) is 30.2 Å². The lowest BCUT2D eigenvalue weighted by Gasteiger charge is -2.07. The van der Waals surface area contributed by atoms with Crippen LogP contribution < -0.4 is 0 Å². The Morgan fingerprint density at radius 2 is 1.90 bits per heavy atom. The SMILES string of the molecule is Clc1cccc(-c2nc3ccccc3n3ccnc23)c1. The van der Waals surface area contributed by atoms with Crippen LogP contribution in [-0.4, -0.2) is 14.4 Å². The van der Waals surface area contributed by atoms with Crippen LogP contribution in [0.2, 0.25) is 5.02 Å². The maximum absolute atomic E-state index is 6.08. The Labute approximate surface area is 120 Å². The van der Waals surface area contributed by atoms with E-state index in [9.17, 15) is 0 Å². The van der Waals surface area contributed by atoms with Gasteiger partial charge in [0.2, 0.25) is 0 Å². The van der Waals surface area contributed by atoms with Gasteiger partial charge in [-0.25, -0.2) is 9.97 Å². The molecule has 20 heavy (non-hydrogen) atoms. The van der Waals surface area contributed by atoms with Gasteiger partial charge in [-0.2, -0.15) is 0 Å². The summed E-state index contributed by atoms with van der Waals surface area (Å²) >= 11 is 6.08. The molecule has 0 aliphatic rings. The number of fused-ring (bicyclic) bond motifs is 3. The van der Waals surface area contributed by atoms with E-state index in [2.05, 4.69) is 9.38 Å². The highest BCUT2D eigenvalue weighted by atomic mass is 35.5. The second kappa shape index (κ2) is 4.32. The van der Waals surface area contributed by atoms with Crippen molar-refractivity contribution in [3.8, 4) is 11.3 Å². The monoisotopic (exact) mass is 279 g/mol. The minimum Gasteiger partial charge on any atom is -0.296 e. The number of hydrogen-bond donors (Lipinski definition) is 0. The molecule has 0 aliphatic heterocycles. The molecule has 3 nitrogen and oxygen atoms in total. The number of halogens is 1. The van der Waals surface area contributed by atoms with Gasteiger partial charge in [0, 0.05) is 23.0 Å². The molecular formula is C16H10ClN3. The zero-order valence-corrected chi connectivity index (χ0v) is 11.2. The van der Waals surface area contributed by atoms with Crippen LogP contribution in [0.3, 0.4) is 0 Å². The van der Waals surface area contributed by atoms with Gasteiger partial charge in [-0.15, -0.1) is 0 Å². The van der Waals surface area contributed by atoms with Gasteiger partial charge in [0.05, 0.1) is 11.0 Å². The van der Waals surface area contributed by atoms with E-state index in [1.807, 2.05) is 54.7 Å². The number of rotatable bonds is 1. The van der Waals surface area contributed by atoms with E-state index in [0.717, 1.165) is 27.9 Å². The molecule has 4 rings (SSSR count). The number of para-hydroxylation sites is 2. The highest BCUT2D eigenvalue weighted by Gasteiger charge is 2.11. The summed E-state index contributed by atoms with van der Waals surface area (Å²) in [6, 6.07) is 15.7. The maximum Gasteiger partial charge on any atom is 0.163 e. The van der Waals surface area contributed by atoms with Gasteiger partial charge < -0.3 is 0 Å². The highest BCUT2D eigenvalue weighted by Crippen LogP contribution is 2.27. The first kappa shape index (κ1) is 11.4. The predicted octanol–water partition coefficient (Wildman–Crippen LogP) is 4.20. The third kappa shape index (κ3) is 1.67. The molecule has 96 valence electrons. The average Bonchev–Trinajstić information content (AvgIpc) is 2.96. The molecule has 2 heterocycles. The Kier molecular flexibility index (Phi) is 2.47. The highest BCUT2D eigenvalue weighted by molar-refractivity contribution is 6.30. The van der Waals surface area contributed by atoms with Crippen molar-refractivity contribution in [3.05, 3.63) is 65.9 Å². The largest absolute Gasteiger partial charge is 0.296 e. The zero-order valence-electron chi connectivity index (χ0n) is 10.5. The van der Waals surface area contributed by atoms with E-state index in [1.54, 1.807) is 6.20 Å². The number of nitrogens with zero attached hydrogens (tertiary/aromatic N) is 3. The molecule has 2 aromatic carbocycles. The molecule has 0 unspecified atom stereocenters. The van der Waals surface area contributed by atoms with E-state index < -0.39 is 0 Å². The van der Waals surface area contributed by atoms with Crippen molar-refractivity contribution in [2.45, 2.75) is 0 Å². The first-order valence-corrected chi connectivity index (χ1v) is 6.68. The second-order valence-corrected chi connectivity index (χ2v) is 5.02. The first-order valence-electron chi connectivity index (χ1n) is 6.31. The molecule has 4 heteroatoms. The lowest BCUT2D eigenvalue weighted by molar-refractivity contribution is 1.21. The van der Waals surface area contributed by atoms with Crippen LogP contribution in [0.4, 0.5) is 0 Å². The molecule has 0 aliphatic carbocycles. The summed E-state index contributed by atoms with van der Waals surface area (Å²) in [6.45, 7) is 0. The standard InChI is InChI=1S/C16H10ClN3/c17-12-5-3-4-11(10-12)15-16-18-8-9-20(16)14-7-2-1-6-13(14)19-15/h1-10H. The number of benzene rings is 2. The number of aromatic nitrogens is 3. The Morgan fingerprint density at radius 3 is 2.80 bits per heavy atom. The molecule has 4 aromatic rings. The van der Waals surface area contributed by atoms with Gasteiger partial charge in [0.15, 0.2) is 5.65 Å². The van der Waals surface area contributed by atoms with Crippen LogP contribution in [0, 0.1) is 0 Å². The van der Waals surface area contributed by atoms with Crippen LogP contribution in [-0.2, 0) is 0 Å².